The largest absolute Gasteiger partial charge is 0.492 e. The fraction of sp³-hybridized carbons (Fsp3) is 0.300. The van der Waals surface area contributed by atoms with E-state index in [1.165, 1.54) is 13.0 Å². The van der Waals surface area contributed by atoms with Crippen molar-refractivity contribution in [2.24, 2.45) is 0 Å². The van der Waals surface area contributed by atoms with Crippen LogP contribution in [0.5, 0.6) is 5.75 Å². The van der Waals surface area contributed by atoms with Crippen LogP contribution in [0, 0.1) is 5.82 Å². The molecule has 0 fully saturated rings. The number of carbonyl (C=O) groups is 1. The van der Waals surface area contributed by atoms with Crippen LogP contribution in [0.4, 0.5) is 4.39 Å². The van der Waals surface area contributed by atoms with Gasteiger partial charge in [-0.05, 0) is 19.1 Å². The number of benzene rings is 1. The molecule has 0 radical (unpaired) electrons. The van der Waals surface area contributed by atoms with Crippen molar-refractivity contribution in [3.05, 3.63) is 29.6 Å². The van der Waals surface area contributed by atoms with Crippen LogP contribution in [-0.2, 0) is 4.79 Å². The van der Waals surface area contributed by atoms with E-state index in [2.05, 4.69) is 0 Å². The second-order valence-electron chi connectivity index (χ2n) is 3.13. The second-order valence-corrected chi connectivity index (χ2v) is 3.13. The molecular formula is C10H9FO2. The Morgan fingerprint density at radius 2 is 2.38 bits per heavy atom. The molecule has 2 rings (SSSR count). The molecule has 0 aromatic heterocycles. The van der Waals surface area contributed by atoms with Crippen LogP contribution in [-0.4, -0.2) is 12.4 Å². The molecule has 0 saturated carbocycles. The van der Waals surface area contributed by atoms with Crippen LogP contribution in [0.2, 0.25) is 0 Å². The van der Waals surface area contributed by atoms with Gasteiger partial charge in [-0.2, -0.15) is 0 Å². The van der Waals surface area contributed by atoms with E-state index in [0.717, 1.165) is 0 Å². The maximum atomic E-state index is 13.3. The van der Waals surface area contributed by atoms with E-state index in [4.69, 9.17) is 4.74 Å². The lowest BCUT2D eigenvalue weighted by Crippen LogP contribution is -2.10. The van der Waals surface area contributed by atoms with Gasteiger partial charge in [0.05, 0.1) is 5.92 Å². The second kappa shape index (κ2) is 2.83. The van der Waals surface area contributed by atoms with Gasteiger partial charge >= 0.3 is 0 Å². The number of ketones is 1. The maximum Gasteiger partial charge on any atom is 0.140 e. The predicted octanol–water partition coefficient (Wildman–Crippen LogP) is 1.89. The first-order chi connectivity index (χ1) is 6.20. The van der Waals surface area contributed by atoms with E-state index in [0.29, 0.717) is 11.3 Å². The average Bonchev–Trinajstić information content (AvgIpc) is 2.49. The molecule has 1 atom stereocenters. The van der Waals surface area contributed by atoms with E-state index in [1.807, 2.05) is 0 Å². The summed E-state index contributed by atoms with van der Waals surface area (Å²) in [6.45, 7) is 1.72. The molecular weight excluding hydrogens is 171 g/mol. The van der Waals surface area contributed by atoms with Gasteiger partial charge in [0.2, 0.25) is 0 Å². The number of hydrogen-bond donors (Lipinski definition) is 0. The van der Waals surface area contributed by atoms with Gasteiger partial charge in [-0.3, -0.25) is 4.79 Å². The minimum Gasteiger partial charge on any atom is -0.492 e. The number of halogens is 1. The van der Waals surface area contributed by atoms with Crippen molar-refractivity contribution in [1.29, 1.82) is 0 Å². The Labute approximate surface area is 75.3 Å². The molecule has 1 aliphatic heterocycles. The molecule has 0 N–H and O–H groups in total. The molecule has 1 aromatic rings. The van der Waals surface area contributed by atoms with Crippen LogP contribution in [0.3, 0.4) is 0 Å². The van der Waals surface area contributed by atoms with Crippen LogP contribution < -0.4 is 4.74 Å². The Kier molecular flexibility index (Phi) is 1.79. The van der Waals surface area contributed by atoms with Crippen molar-refractivity contribution in [3.8, 4) is 5.75 Å². The summed E-state index contributed by atoms with van der Waals surface area (Å²) in [5.41, 5.74) is 0.412. The molecule has 13 heavy (non-hydrogen) atoms. The number of hydrogen-bond acceptors (Lipinski definition) is 2. The highest BCUT2D eigenvalue weighted by molar-refractivity contribution is 5.85. The smallest absolute Gasteiger partial charge is 0.140 e. The lowest BCUT2D eigenvalue weighted by Gasteiger charge is -2.03. The summed E-state index contributed by atoms with van der Waals surface area (Å²) < 4.78 is 18.5. The highest BCUT2D eigenvalue weighted by atomic mass is 19.1. The maximum absolute atomic E-state index is 13.3. The molecule has 1 aliphatic rings. The summed E-state index contributed by atoms with van der Waals surface area (Å²) >= 11 is 0. The van der Waals surface area contributed by atoms with Crippen molar-refractivity contribution in [2.45, 2.75) is 12.8 Å². The highest BCUT2D eigenvalue weighted by Crippen LogP contribution is 2.35. The third-order valence-corrected chi connectivity index (χ3v) is 2.26. The fourth-order valence-electron chi connectivity index (χ4n) is 1.56. The SMILES string of the molecule is CC(=O)C1COc2cccc(F)c21. The Bertz CT molecular complexity index is 360. The van der Waals surface area contributed by atoms with Crippen molar-refractivity contribution in [3.63, 3.8) is 0 Å². The lowest BCUT2D eigenvalue weighted by molar-refractivity contribution is -0.118. The van der Waals surface area contributed by atoms with Gasteiger partial charge in [-0.25, -0.2) is 4.39 Å². The first kappa shape index (κ1) is 8.23. The Hall–Kier alpha value is -1.38. The number of rotatable bonds is 1. The zero-order chi connectivity index (χ0) is 9.42. The average molecular weight is 180 g/mol. The minimum atomic E-state index is -0.420. The number of Topliss-reactive ketones (excluding diaryl/α,β-unsaturated/α-hetero) is 1. The van der Waals surface area contributed by atoms with Crippen molar-refractivity contribution in [1.82, 2.24) is 0 Å². The predicted molar refractivity (Wildman–Crippen MR) is 45.3 cm³/mol. The molecule has 0 aliphatic carbocycles. The first-order valence-corrected chi connectivity index (χ1v) is 4.12. The molecule has 0 bridgehead atoms. The first-order valence-electron chi connectivity index (χ1n) is 4.12. The zero-order valence-electron chi connectivity index (χ0n) is 7.21. The minimum absolute atomic E-state index is 0.0520. The van der Waals surface area contributed by atoms with E-state index in [1.54, 1.807) is 12.1 Å². The van der Waals surface area contributed by atoms with Crippen LogP contribution in [0.15, 0.2) is 18.2 Å². The van der Waals surface area contributed by atoms with Gasteiger partial charge in [0.15, 0.2) is 0 Å². The molecule has 3 heteroatoms. The highest BCUT2D eigenvalue weighted by Gasteiger charge is 2.30. The lowest BCUT2D eigenvalue weighted by atomic mass is 9.97. The van der Waals surface area contributed by atoms with Crippen LogP contribution >= 0.6 is 0 Å². The summed E-state index contributed by atoms with van der Waals surface area (Å²) in [7, 11) is 0. The molecule has 1 heterocycles. The van der Waals surface area contributed by atoms with Gasteiger partial charge in [0.1, 0.15) is 24.0 Å². The van der Waals surface area contributed by atoms with Gasteiger partial charge < -0.3 is 4.74 Å². The Morgan fingerprint density at radius 3 is 3.08 bits per heavy atom. The summed E-state index contributed by atoms with van der Waals surface area (Å²) in [5.74, 6) is -0.324. The molecule has 0 saturated heterocycles. The Morgan fingerprint density at radius 1 is 1.62 bits per heavy atom. The molecule has 2 nitrogen and oxygen atoms in total. The summed E-state index contributed by atoms with van der Waals surface area (Å²) in [5, 5.41) is 0. The van der Waals surface area contributed by atoms with Gasteiger partial charge in [0, 0.05) is 5.56 Å². The fourth-order valence-corrected chi connectivity index (χ4v) is 1.56. The topological polar surface area (TPSA) is 26.3 Å². The zero-order valence-corrected chi connectivity index (χ0v) is 7.21. The summed E-state index contributed by atoms with van der Waals surface area (Å²) in [6, 6.07) is 4.61. The third kappa shape index (κ3) is 1.20. The summed E-state index contributed by atoms with van der Waals surface area (Å²) in [6.07, 6.45) is 0. The molecule has 1 aromatic carbocycles. The third-order valence-electron chi connectivity index (χ3n) is 2.26. The molecule has 68 valence electrons. The number of carbonyl (C=O) groups excluding carboxylic acids is 1. The van der Waals surface area contributed by atoms with Crippen molar-refractivity contribution in [2.75, 3.05) is 6.61 Å². The standard InChI is InChI=1S/C10H9FO2/c1-6(12)7-5-13-9-4-2-3-8(11)10(7)9/h2-4,7H,5H2,1H3. The van der Waals surface area contributed by atoms with Crippen LogP contribution in [0.25, 0.3) is 0 Å². The van der Waals surface area contributed by atoms with E-state index in [9.17, 15) is 9.18 Å². The van der Waals surface area contributed by atoms with E-state index >= 15 is 0 Å². The number of ether oxygens (including phenoxy) is 1. The Balaban J connectivity index is 2.52. The normalized spacial score (nSPS) is 19.4. The van der Waals surface area contributed by atoms with E-state index in [-0.39, 0.29) is 18.2 Å². The van der Waals surface area contributed by atoms with Crippen molar-refractivity contribution >= 4 is 5.78 Å². The van der Waals surface area contributed by atoms with Gasteiger partial charge in [-0.15, -0.1) is 0 Å². The van der Waals surface area contributed by atoms with E-state index < -0.39 is 5.92 Å². The quantitative estimate of drug-likeness (QED) is 0.659. The van der Waals surface area contributed by atoms with Gasteiger partial charge in [-0.1, -0.05) is 6.07 Å². The molecule has 0 amide bonds. The monoisotopic (exact) mass is 180 g/mol. The van der Waals surface area contributed by atoms with Crippen molar-refractivity contribution < 1.29 is 13.9 Å². The van der Waals surface area contributed by atoms with Crippen LogP contribution in [0.1, 0.15) is 18.4 Å². The number of fused-ring (bicyclic) bond motifs is 1. The van der Waals surface area contributed by atoms with Gasteiger partial charge in [0.25, 0.3) is 0 Å². The summed E-state index contributed by atoms with van der Waals surface area (Å²) in [4.78, 5) is 11.1. The molecule has 0 spiro atoms. The molecule has 1 unspecified atom stereocenters.